The van der Waals surface area contributed by atoms with Gasteiger partial charge in [0.2, 0.25) is 0 Å². The van der Waals surface area contributed by atoms with Gasteiger partial charge in [-0.1, -0.05) is 60.7 Å². The third-order valence-corrected chi connectivity index (χ3v) is 7.77. The van der Waals surface area contributed by atoms with Crippen molar-refractivity contribution in [2.75, 3.05) is 0 Å². The minimum atomic E-state index is 1.02. The van der Waals surface area contributed by atoms with Crippen molar-refractivity contribution in [2.45, 2.75) is 0 Å². The quantitative estimate of drug-likeness (QED) is 0.222. The van der Waals surface area contributed by atoms with Gasteiger partial charge in [-0.05, 0) is 90.5 Å². The third kappa shape index (κ3) is 3.62. The van der Waals surface area contributed by atoms with Gasteiger partial charge in [-0.25, -0.2) is 9.97 Å². The Bertz CT molecular complexity index is 2080. The van der Waals surface area contributed by atoms with Crippen LogP contribution in [0.5, 0.6) is 0 Å². The fourth-order valence-electron chi connectivity index (χ4n) is 5.93. The molecule has 0 aliphatic carbocycles. The Morgan fingerprint density at radius 3 is 1.38 bits per heavy atom. The molecular weight excluding hydrogens is 488 g/mol. The molecule has 8 aromatic rings. The monoisotopic (exact) mass is 510 g/mol. The van der Waals surface area contributed by atoms with Crippen LogP contribution in [0.2, 0.25) is 0 Å². The summed E-state index contributed by atoms with van der Waals surface area (Å²) in [6.07, 6.45) is 12.8. The number of pyridine rings is 2. The molecule has 0 N–H and O–H groups in total. The van der Waals surface area contributed by atoms with E-state index in [1.807, 2.05) is 49.3 Å². The molecule has 0 atom stereocenters. The van der Waals surface area contributed by atoms with E-state index in [1.54, 1.807) is 6.33 Å². The van der Waals surface area contributed by atoms with Crippen molar-refractivity contribution >= 4 is 32.3 Å². The highest BCUT2D eigenvalue weighted by atomic mass is 14.8. The first-order chi connectivity index (χ1) is 19.8. The van der Waals surface area contributed by atoms with E-state index < -0.39 is 0 Å². The van der Waals surface area contributed by atoms with Gasteiger partial charge in [0.1, 0.15) is 6.33 Å². The van der Waals surface area contributed by atoms with Crippen LogP contribution in [0.25, 0.3) is 76.8 Å². The molecule has 0 bridgehead atoms. The van der Waals surface area contributed by atoms with Crippen LogP contribution in [-0.2, 0) is 0 Å². The molecule has 3 heterocycles. The molecule has 186 valence electrons. The van der Waals surface area contributed by atoms with Gasteiger partial charge in [0.05, 0.1) is 0 Å². The largest absolute Gasteiger partial charge is 0.264 e. The molecule has 0 aliphatic heterocycles. The van der Waals surface area contributed by atoms with Gasteiger partial charge in [0.25, 0.3) is 0 Å². The molecule has 0 saturated carbocycles. The Morgan fingerprint density at radius 2 is 0.850 bits per heavy atom. The van der Waals surface area contributed by atoms with E-state index in [9.17, 15) is 0 Å². The average Bonchev–Trinajstić information content (AvgIpc) is 3.04. The predicted molar refractivity (Wildman–Crippen MR) is 163 cm³/mol. The number of nitrogens with zero attached hydrogens (tertiary/aromatic N) is 4. The van der Waals surface area contributed by atoms with E-state index in [0.717, 1.165) is 38.9 Å². The van der Waals surface area contributed by atoms with Crippen molar-refractivity contribution < 1.29 is 0 Å². The summed E-state index contributed by atoms with van der Waals surface area (Å²) in [6, 6.07) is 32.8. The minimum Gasteiger partial charge on any atom is -0.264 e. The highest BCUT2D eigenvalue weighted by Crippen LogP contribution is 2.43. The highest BCUT2D eigenvalue weighted by Gasteiger charge is 2.16. The Balaban J connectivity index is 1.42. The van der Waals surface area contributed by atoms with Crippen LogP contribution < -0.4 is 0 Å². The summed E-state index contributed by atoms with van der Waals surface area (Å²) < 4.78 is 0. The Labute approximate surface area is 231 Å². The van der Waals surface area contributed by atoms with E-state index >= 15 is 0 Å². The lowest BCUT2D eigenvalue weighted by Gasteiger charge is -2.17. The van der Waals surface area contributed by atoms with Crippen LogP contribution in [0.1, 0.15) is 0 Å². The van der Waals surface area contributed by atoms with Crippen LogP contribution in [0.15, 0.2) is 135 Å². The molecule has 0 unspecified atom stereocenters. The first-order valence-corrected chi connectivity index (χ1v) is 13.3. The molecule has 3 aromatic heterocycles. The minimum absolute atomic E-state index is 1.02. The molecule has 0 aliphatic rings. The van der Waals surface area contributed by atoms with E-state index in [4.69, 9.17) is 0 Å². The maximum atomic E-state index is 4.38. The number of hydrogen-bond acceptors (Lipinski definition) is 4. The maximum Gasteiger partial charge on any atom is 0.115 e. The summed E-state index contributed by atoms with van der Waals surface area (Å²) in [5, 5.41) is 7.45. The molecule has 0 saturated heterocycles. The van der Waals surface area contributed by atoms with Crippen molar-refractivity contribution in [3.8, 4) is 44.5 Å². The molecule has 0 radical (unpaired) electrons. The normalized spacial score (nSPS) is 11.5. The predicted octanol–water partition coefficient (Wildman–Crippen LogP) is 8.83. The van der Waals surface area contributed by atoms with Crippen LogP contribution >= 0.6 is 0 Å². The fourth-order valence-corrected chi connectivity index (χ4v) is 5.93. The van der Waals surface area contributed by atoms with Crippen LogP contribution in [0, 0.1) is 0 Å². The SMILES string of the molecule is c1cncc(-c2cc(-c3cccnc3)cc(-c3ccc4ccc5ccc(-c6cncnc6)c6ccc3c4c56)c2)c1. The molecule has 5 aromatic carbocycles. The number of aromatic nitrogens is 4. The van der Waals surface area contributed by atoms with E-state index in [0.29, 0.717) is 0 Å². The van der Waals surface area contributed by atoms with Crippen LogP contribution in [0.4, 0.5) is 0 Å². The maximum absolute atomic E-state index is 4.38. The zero-order chi connectivity index (χ0) is 26.5. The van der Waals surface area contributed by atoms with Gasteiger partial charge in [-0.15, -0.1) is 0 Å². The molecular formula is C36H22N4. The van der Waals surface area contributed by atoms with Gasteiger partial charge >= 0.3 is 0 Å². The van der Waals surface area contributed by atoms with E-state index in [-0.39, 0.29) is 0 Å². The van der Waals surface area contributed by atoms with Gasteiger partial charge in [-0.3, -0.25) is 9.97 Å². The van der Waals surface area contributed by atoms with Crippen LogP contribution in [0.3, 0.4) is 0 Å². The van der Waals surface area contributed by atoms with E-state index in [1.165, 1.54) is 37.9 Å². The summed E-state index contributed by atoms with van der Waals surface area (Å²) in [4.78, 5) is 17.3. The summed E-state index contributed by atoms with van der Waals surface area (Å²) in [5.74, 6) is 0. The van der Waals surface area contributed by atoms with E-state index in [2.05, 4.69) is 98.8 Å². The van der Waals surface area contributed by atoms with Crippen molar-refractivity contribution in [3.63, 3.8) is 0 Å². The lowest BCUT2D eigenvalue weighted by atomic mass is 9.86. The number of hydrogen-bond donors (Lipinski definition) is 0. The number of rotatable bonds is 4. The van der Waals surface area contributed by atoms with Crippen molar-refractivity contribution in [1.82, 2.24) is 19.9 Å². The third-order valence-electron chi connectivity index (χ3n) is 7.77. The van der Waals surface area contributed by atoms with Gasteiger partial charge in [-0.2, -0.15) is 0 Å². The Hall–Kier alpha value is -5.48. The molecule has 4 nitrogen and oxygen atoms in total. The fraction of sp³-hybridized carbons (Fsp3) is 0. The smallest absolute Gasteiger partial charge is 0.115 e. The molecule has 0 amide bonds. The first kappa shape index (κ1) is 22.5. The second kappa shape index (κ2) is 9.07. The van der Waals surface area contributed by atoms with Crippen molar-refractivity contribution in [3.05, 3.63) is 135 Å². The standard InChI is InChI=1S/C36H22N4/c1-3-25(18-37-13-1)27-15-28(26-4-2-14-38-19-26)17-29(16-27)31-9-7-23-5-6-24-8-10-32(30-20-39-22-40-21-30)34-12-11-33(31)35(23)36(24)34/h1-22H. The van der Waals surface area contributed by atoms with Gasteiger partial charge in [0.15, 0.2) is 0 Å². The van der Waals surface area contributed by atoms with Gasteiger partial charge in [0, 0.05) is 53.9 Å². The van der Waals surface area contributed by atoms with Crippen molar-refractivity contribution in [2.24, 2.45) is 0 Å². The number of benzene rings is 5. The van der Waals surface area contributed by atoms with Gasteiger partial charge < -0.3 is 0 Å². The lowest BCUT2D eigenvalue weighted by molar-refractivity contribution is 1.17. The topological polar surface area (TPSA) is 51.6 Å². The average molecular weight is 511 g/mol. The summed E-state index contributed by atoms with van der Waals surface area (Å²) in [5.41, 5.74) is 8.95. The summed E-state index contributed by atoms with van der Waals surface area (Å²) in [7, 11) is 0. The Kier molecular flexibility index (Phi) is 5.10. The molecule has 0 spiro atoms. The molecule has 40 heavy (non-hydrogen) atoms. The van der Waals surface area contributed by atoms with Crippen LogP contribution in [-0.4, -0.2) is 19.9 Å². The zero-order valence-electron chi connectivity index (χ0n) is 21.5. The second-order valence-corrected chi connectivity index (χ2v) is 10.1. The zero-order valence-corrected chi connectivity index (χ0v) is 21.5. The van der Waals surface area contributed by atoms with Crippen molar-refractivity contribution in [1.29, 1.82) is 0 Å². The Morgan fingerprint density at radius 1 is 0.375 bits per heavy atom. The summed E-state index contributed by atoms with van der Waals surface area (Å²) >= 11 is 0. The molecule has 4 heteroatoms. The summed E-state index contributed by atoms with van der Waals surface area (Å²) in [6.45, 7) is 0. The highest BCUT2D eigenvalue weighted by molar-refractivity contribution is 6.27. The molecule has 8 rings (SSSR count). The first-order valence-electron chi connectivity index (χ1n) is 13.3. The lowest BCUT2D eigenvalue weighted by Crippen LogP contribution is -1.91. The molecule has 0 fully saturated rings. The second-order valence-electron chi connectivity index (χ2n) is 10.1.